The smallest absolute Gasteiger partial charge is 0.222 e. The maximum Gasteiger partial charge on any atom is 0.222 e. The van der Waals surface area contributed by atoms with Crippen LogP contribution in [0, 0.1) is 0 Å². The van der Waals surface area contributed by atoms with Crippen molar-refractivity contribution in [2.75, 3.05) is 12.3 Å². The largest absolute Gasteiger partial charge is 0.368 e. The molecule has 9 heteroatoms. The highest BCUT2D eigenvalue weighted by atomic mass is 19.1. The molecule has 282 valence electrons. The summed E-state index contributed by atoms with van der Waals surface area (Å²) in [6, 6.07) is 60.0. The minimum Gasteiger partial charge on any atom is -0.368 e. The SMILES string of the molecule is Nc1ncc2ncn([C@@H]3O[C@H](COC(c4ccccc4)(c4ccccc4)c4ccccc4)[C@@H](OC(c4ccccc4)(c4ccccc4)c4ccccc4)[C@@H]3F)c2n1. The lowest BCUT2D eigenvalue weighted by Crippen LogP contribution is -2.45. The Kier molecular flexibility index (Phi) is 9.86. The second kappa shape index (κ2) is 15.5. The lowest BCUT2D eigenvalue weighted by atomic mass is 9.79. The fourth-order valence-electron chi connectivity index (χ4n) is 8.12. The molecule has 6 aromatic carbocycles. The number of anilines is 1. The molecule has 1 saturated heterocycles. The van der Waals surface area contributed by atoms with Crippen molar-refractivity contribution < 1.29 is 18.6 Å². The van der Waals surface area contributed by atoms with Crippen LogP contribution in [0.15, 0.2) is 195 Å². The van der Waals surface area contributed by atoms with Gasteiger partial charge in [0.15, 0.2) is 18.0 Å². The maximum absolute atomic E-state index is 17.9. The van der Waals surface area contributed by atoms with Crippen LogP contribution in [0.4, 0.5) is 10.3 Å². The van der Waals surface area contributed by atoms with Gasteiger partial charge in [-0.25, -0.2) is 14.4 Å². The topological polar surface area (TPSA) is 97.3 Å². The van der Waals surface area contributed by atoms with E-state index in [1.54, 1.807) is 4.57 Å². The maximum atomic E-state index is 17.9. The molecule has 0 amide bonds. The molecule has 0 bridgehead atoms. The quantitative estimate of drug-likeness (QED) is 0.124. The van der Waals surface area contributed by atoms with E-state index in [2.05, 4.69) is 51.4 Å². The zero-order valence-corrected chi connectivity index (χ0v) is 31.0. The number of hydrogen-bond acceptors (Lipinski definition) is 7. The van der Waals surface area contributed by atoms with Gasteiger partial charge >= 0.3 is 0 Å². The molecule has 0 spiro atoms. The van der Waals surface area contributed by atoms with E-state index in [4.69, 9.17) is 19.9 Å². The molecule has 4 atom stereocenters. The van der Waals surface area contributed by atoms with Crippen molar-refractivity contribution in [1.82, 2.24) is 19.5 Å². The Balaban J connectivity index is 1.21. The Morgan fingerprint density at radius 3 is 1.40 bits per heavy atom. The molecule has 0 saturated carbocycles. The van der Waals surface area contributed by atoms with E-state index in [0.29, 0.717) is 11.2 Å². The molecule has 1 aliphatic heterocycles. The van der Waals surface area contributed by atoms with Crippen LogP contribution < -0.4 is 5.73 Å². The van der Waals surface area contributed by atoms with Gasteiger partial charge in [0.25, 0.3) is 0 Å². The molecule has 8 aromatic rings. The zero-order valence-electron chi connectivity index (χ0n) is 31.0. The standard InChI is InChI=1S/C48H40FN5O3/c49-42-43(57-48(37-25-13-4-14-26-37,38-27-15-5-16-28-38)39-29-17-6-18-30-39)41(56-45(42)54-33-52-40-31-51-46(50)53-44(40)54)32-55-47(34-19-7-1-8-20-34,35-21-9-2-10-22-35)36-23-11-3-12-24-36/h1-31,33,41-43,45H,32H2,(H2,50,51,53)/t41-,42+,43-,45-/m1/s1. The number of nitrogens with zero attached hydrogens (tertiary/aromatic N) is 4. The van der Waals surface area contributed by atoms with E-state index in [-0.39, 0.29) is 12.6 Å². The van der Waals surface area contributed by atoms with Crippen molar-refractivity contribution in [2.24, 2.45) is 0 Å². The van der Waals surface area contributed by atoms with Gasteiger partial charge in [-0.05, 0) is 33.4 Å². The average Bonchev–Trinajstić information content (AvgIpc) is 3.83. The van der Waals surface area contributed by atoms with Crippen LogP contribution in [0.2, 0.25) is 0 Å². The number of hydrogen-bond donors (Lipinski definition) is 1. The van der Waals surface area contributed by atoms with E-state index >= 15 is 4.39 Å². The Hall–Kier alpha value is -6.52. The van der Waals surface area contributed by atoms with Gasteiger partial charge in [-0.2, -0.15) is 4.98 Å². The number of halogens is 1. The first-order valence-corrected chi connectivity index (χ1v) is 19.0. The number of benzene rings is 6. The van der Waals surface area contributed by atoms with Crippen LogP contribution in [-0.2, 0) is 25.4 Å². The van der Waals surface area contributed by atoms with E-state index in [9.17, 15) is 0 Å². The normalized spacial score (nSPS) is 18.5. The molecule has 1 fully saturated rings. The number of alkyl halides is 1. The summed E-state index contributed by atoms with van der Waals surface area (Å²) in [4.78, 5) is 13.0. The highest BCUT2D eigenvalue weighted by molar-refractivity contribution is 5.70. The van der Waals surface area contributed by atoms with E-state index < -0.39 is 35.8 Å². The zero-order chi connectivity index (χ0) is 38.7. The second-order valence-electron chi connectivity index (χ2n) is 14.1. The summed E-state index contributed by atoms with van der Waals surface area (Å²) in [6.07, 6.45) is -1.99. The van der Waals surface area contributed by atoms with Crippen molar-refractivity contribution in [2.45, 2.75) is 35.8 Å². The summed E-state index contributed by atoms with van der Waals surface area (Å²) < 4.78 is 41.1. The highest BCUT2D eigenvalue weighted by Gasteiger charge is 2.53. The summed E-state index contributed by atoms with van der Waals surface area (Å²) in [5.41, 5.74) is 9.71. The minimum atomic E-state index is -1.72. The summed E-state index contributed by atoms with van der Waals surface area (Å²) in [5, 5.41) is 0. The number of fused-ring (bicyclic) bond motifs is 1. The van der Waals surface area contributed by atoms with Gasteiger partial charge < -0.3 is 19.9 Å². The van der Waals surface area contributed by atoms with Crippen LogP contribution in [0.5, 0.6) is 0 Å². The lowest BCUT2D eigenvalue weighted by molar-refractivity contribution is -0.128. The van der Waals surface area contributed by atoms with Gasteiger partial charge in [0.1, 0.15) is 28.9 Å². The first kappa shape index (κ1) is 36.1. The van der Waals surface area contributed by atoms with Crippen molar-refractivity contribution in [3.05, 3.63) is 228 Å². The molecule has 8 nitrogen and oxygen atoms in total. The minimum absolute atomic E-state index is 0.0416. The van der Waals surface area contributed by atoms with Crippen molar-refractivity contribution in [3.8, 4) is 0 Å². The molecule has 0 unspecified atom stereocenters. The molecule has 1 aliphatic rings. The lowest BCUT2D eigenvalue weighted by Gasteiger charge is -2.40. The van der Waals surface area contributed by atoms with E-state index in [0.717, 1.165) is 33.4 Å². The van der Waals surface area contributed by atoms with Gasteiger partial charge in [0.2, 0.25) is 5.95 Å². The molecule has 3 heterocycles. The third-order valence-electron chi connectivity index (χ3n) is 10.7. The second-order valence-corrected chi connectivity index (χ2v) is 14.1. The number of ether oxygens (including phenoxy) is 3. The van der Waals surface area contributed by atoms with Gasteiger partial charge in [-0.3, -0.25) is 4.57 Å². The third-order valence-corrected chi connectivity index (χ3v) is 10.7. The van der Waals surface area contributed by atoms with Crippen LogP contribution >= 0.6 is 0 Å². The molecule has 2 N–H and O–H groups in total. The Morgan fingerprint density at radius 2 is 0.982 bits per heavy atom. The van der Waals surface area contributed by atoms with Crippen molar-refractivity contribution in [1.29, 1.82) is 0 Å². The molecule has 2 aromatic heterocycles. The molecular formula is C48H40FN5O3. The summed E-state index contributed by atoms with van der Waals surface area (Å²) in [5.74, 6) is 0.0416. The van der Waals surface area contributed by atoms with Crippen LogP contribution in [0.25, 0.3) is 11.2 Å². The Labute approximate surface area is 330 Å². The average molecular weight is 754 g/mol. The Bertz CT molecular complexity index is 2330. The predicted octanol–water partition coefficient (Wildman–Crippen LogP) is 9.03. The summed E-state index contributed by atoms with van der Waals surface area (Å²) >= 11 is 0. The van der Waals surface area contributed by atoms with Crippen LogP contribution in [0.1, 0.15) is 39.6 Å². The number of rotatable bonds is 12. The Morgan fingerprint density at radius 1 is 0.579 bits per heavy atom. The summed E-state index contributed by atoms with van der Waals surface area (Å²) in [6.45, 7) is -0.0571. The summed E-state index contributed by atoms with van der Waals surface area (Å²) in [7, 11) is 0. The van der Waals surface area contributed by atoms with Gasteiger partial charge in [-0.15, -0.1) is 0 Å². The number of aromatic nitrogens is 4. The third kappa shape index (κ3) is 6.55. The predicted molar refractivity (Wildman–Crippen MR) is 218 cm³/mol. The number of nitrogen functional groups attached to an aromatic ring is 1. The van der Waals surface area contributed by atoms with Crippen molar-refractivity contribution in [3.63, 3.8) is 0 Å². The van der Waals surface area contributed by atoms with Gasteiger partial charge in [-0.1, -0.05) is 182 Å². The first-order valence-electron chi connectivity index (χ1n) is 19.0. The van der Waals surface area contributed by atoms with Gasteiger partial charge in [0.05, 0.1) is 19.1 Å². The van der Waals surface area contributed by atoms with Crippen molar-refractivity contribution >= 4 is 17.1 Å². The first-order chi connectivity index (χ1) is 28.1. The molecular weight excluding hydrogens is 714 g/mol. The fraction of sp³-hybridized carbons (Fsp3) is 0.146. The fourth-order valence-corrected chi connectivity index (χ4v) is 8.12. The number of nitrogens with two attached hydrogens (primary N) is 1. The van der Waals surface area contributed by atoms with Crippen LogP contribution in [-0.4, -0.2) is 44.5 Å². The molecule has 0 aliphatic carbocycles. The molecule has 9 rings (SSSR count). The monoisotopic (exact) mass is 753 g/mol. The van der Waals surface area contributed by atoms with E-state index in [1.165, 1.54) is 12.5 Å². The van der Waals surface area contributed by atoms with Crippen LogP contribution in [0.3, 0.4) is 0 Å². The number of imidazole rings is 1. The van der Waals surface area contributed by atoms with E-state index in [1.807, 2.05) is 146 Å². The molecule has 0 radical (unpaired) electrons. The molecule has 57 heavy (non-hydrogen) atoms. The van der Waals surface area contributed by atoms with Gasteiger partial charge in [0, 0.05) is 0 Å². The highest BCUT2D eigenvalue weighted by Crippen LogP contribution is 2.47.